The van der Waals surface area contributed by atoms with E-state index in [2.05, 4.69) is 4.74 Å². The van der Waals surface area contributed by atoms with E-state index >= 15 is 0 Å². The molecule has 0 aliphatic heterocycles. The van der Waals surface area contributed by atoms with E-state index in [9.17, 15) is 21.6 Å². The Balaban J connectivity index is 2.26. The molecule has 0 atom stereocenters. The Labute approximate surface area is 114 Å². The van der Waals surface area contributed by atoms with Crippen molar-refractivity contribution in [3.8, 4) is 5.75 Å². The highest BCUT2D eigenvalue weighted by molar-refractivity contribution is 7.89. The van der Waals surface area contributed by atoms with Crippen LogP contribution in [0, 0.1) is 0 Å². The maximum Gasteiger partial charge on any atom is 0.411 e. The van der Waals surface area contributed by atoms with Crippen molar-refractivity contribution in [2.24, 2.45) is 5.14 Å². The lowest BCUT2D eigenvalue weighted by atomic mass is 10.3. The van der Waals surface area contributed by atoms with Gasteiger partial charge in [0.1, 0.15) is 12.4 Å². The van der Waals surface area contributed by atoms with Gasteiger partial charge in [-0.1, -0.05) is 0 Å². The normalized spacial score (nSPS) is 12.4. The van der Waals surface area contributed by atoms with Gasteiger partial charge >= 0.3 is 6.18 Å². The number of halogens is 3. The standard InChI is InChI=1S/C11H14F3NO4S/c12-11(13,14)8-18-6-1-7-19-9-2-4-10(5-3-9)20(15,16)17/h2-5H,1,6-8H2,(H2,15,16,17). The van der Waals surface area contributed by atoms with Gasteiger partial charge in [0.15, 0.2) is 0 Å². The van der Waals surface area contributed by atoms with Gasteiger partial charge in [-0.25, -0.2) is 13.6 Å². The zero-order valence-corrected chi connectivity index (χ0v) is 11.2. The van der Waals surface area contributed by atoms with E-state index in [1.54, 1.807) is 0 Å². The molecule has 0 saturated carbocycles. The van der Waals surface area contributed by atoms with Crippen molar-refractivity contribution in [3.63, 3.8) is 0 Å². The molecule has 0 radical (unpaired) electrons. The summed E-state index contributed by atoms with van der Waals surface area (Å²) in [7, 11) is -3.75. The summed E-state index contributed by atoms with van der Waals surface area (Å²) in [5, 5.41) is 4.92. The molecule has 0 aliphatic carbocycles. The first-order chi connectivity index (χ1) is 9.18. The fraction of sp³-hybridized carbons (Fsp3) is 0.455. The number of primary sulfonamides is 1. The number of nitrogens with two attached hydrogens (primary N) is 1. The highest BCUT2D eigenvalue weighted by Crippen LogP contribution is 2.16. The average molecular weight is 313 g/mol. The minimum Gasteiger partial charge on any atom is -0.494 e. The van der Waals surface area contributed by atoms with Crippen molar-refractivity contribution < 1.29 is 31.1 Å². The molecule has 0 aromatic heterocycles. The first kappa shape index (κ1) is 16.7. The van der Waals surface area contributed by atoms with Crippen molar-refractivity contribution in [1.29, 1.82) is 0 Å². The summed E-state index contributed by atoms with van der Waals surface area (Å²) >= 11 is 0. The lowest BCUT2D eigenvalue weighted by Gasteiger charge is -2.09. The summed E-state index contributed by atoms with van der Waals surface area (Å²) in [5.74, 6) is 0.397. The van der Waals surface area contributed by atoms with Gasteiger partial charge in [0.25, 0.3) is 0 Å². The third-order valence-corrected chi connectivity index (χ3v) is 3.05. The minimum atomic E-state index is -4.33. The van der Waals surface area contributed by atoms with E-state index in [4.69, 9.17) is 9.88 Å². The number of sulfonamides is 1. The van der Waals surface area contributed by atoms with Gasteiger partial charge in [0.05, 0.1) is 18.1 Å². The van der Waals surface area contributed by atoms with Crippen molar-refractivity contribution in [2.75, 3.05) is 19.8 Å². The van der Waals surface area contributed by atoms with E-state index in [0.717, 1.165) is 0 Å². The molecule has 0 saturated heterocycles. The van der Waals surface area contributed by atoms with Crippen LogP contribution in [0.25, 0.3) is 0 Å². The summed E-state index contributed by atoms with van der Waals surface area (Å²) in [6.45, 7) is -1.20. The zero-order valence-electron chi connectivity index (χ0n) is 10.4. The largest absolute Gasteiger partial charge is 0.494 e. The second kappa shape index (κ2) is 6.91. The van der Waals surface area contributed by atoms with Crippen LogP contribution in [-0.4, -0.2) is 34.4 Å². The smallest absolute Gasteiger partial charge is 0.411 e. The highest BCUT2D eigenvalue weighted by atomic mass is 32.2. The summed E-state index contributed by atoms with van der Waals surface area (Å²) in [5.41, 5.74) is 0. The van der Waals surface area contributed by atoms with E-state index in [1.165, 1.54) is 24.3 Å². The molecule has 0 unspecified atom stereocenters. The van der Waals surface area contributed by atoms with Crippen LogP contribution in [0.15, 0.2) is 29.2 Å². The molecule has 0 fully saturated rings. The van der Waals surface area contributed by atoms with E-state index in [-0.39, 0.29) is 24.5 Å². The van der Waals surface area contributed by atoms with Gasteiger partial charge in [-0.2, -0.15) is 13.2 Å². The topological polar surface area (TPSA) is 78.6 Å². The Morgan fingerprint density at radius 2 is 1.70 bits per heavy atom. The van der Waals surface area contributed by atoms with Crippen molar-refractivity contribution >= 4 is 10.0 Å². The molecule has 0 heterocycles. The Hall–Kier alpha value is -1.32. The van der Waals surface area contributed by atoms with Gasteiger partial charge in [-0.15, -0.1) is 0 Å². The third-order valence-electron chi connectivity index (χ3n) is 2.12. The quantitative estimate of drug-likeness (QED) is 0.777. The summed E-state index contributed by atoms with van der Waals surface area (Å²) in [4.78, 5) is -0.0432. The Bertz CT molecular complexity index is 513. The maximum atomic E-state index is 11.7. The Morgan fingerprint density at radius 1 is 1.10 bits per heavy atom. The predicted octanol–water partition coefficient (Wildman–Crippen LogP) is 1.68. The zero-order chi connectivity index (χ0) is 15.2. The fourth-order valence-corrected chi connectivity index (χ4v) is 1.78. The molecule has 114 valence electrons. The summed E-state index contributed by atoms with van der Waals surface area (Å²) in [6.07, 6.45) is -4.04. The molecule has 0 spiro atoms. The molecule has 1 aromatic rings. The molecular formula is C11H14F3NO4S. The van der Waals surface area contributed by atoms with Crippen LogP contribution in [0.2, 0.25) is 0 Å². The van der Waals surface area contributed by atoms with Gasteiger partial charge < -0.3 is 9.47 Å². The lowest BCUT2D eigenvalue weighted by molar-refractivity contribution is -0.174. The number of rotatable bonds is 7. The predicted molar refractivity (Wildman–Crippen MR) is 64.8 cm³/mol. The first-order valence-electron chi connectivity index (χ1n) is 5.59. The molecule has 5 nitrogen and oxygen atoms in total. The second-order valence-corrected chi connectivity index (χ2v) is 5.45. The van der Waals surface area contributed by atoms with E-state index in [0.29, 0.717) is 5.75 Å². The molecule has 1 rings (SSSR count). The molecule has 1 aromatic carbocycles. The van der Waals surface area contributed by atoms with Crippen LogP contribution in [0.1, 0.15) is 6.42 Å². The Kier molecular flexibility index (Phi) is 5.78. The number of ether oxygens (including phenoxy) is 2. The van der Waals surface area contributed by atoms with Gasteiger partial charge in [-0.05, 0) is 24.3 Å². The molecule has 0 amide bonds. The highest BCUT2D eigenvalue weighted by Gasteiger charge is 2.27. The van der Waals surface area contributed by atoms with E-state index in [1.807, 2.05) is 0 Å². The van der Waals surface area contributed by atoms with Crippen LogP contribution in [0.5, 0.6) is 5.75 Å². The maximum absolute atomic E-state index is 11.7. The minimum absolute atomic E-state index is 0.0432. The van der Waals surface area contributed by atoms with Crippen molar-refractivity contribution in [2.45, 2.75) is 17.5 Å². The lowest BCUT2D eigenvalue weighted by Crippen LogP contribution is -2.18. The van der Waals surface area contributed by atoms with Crippen molar-refractivity contribution in [3.05, 3.63) is 24.3 Å². The molecule has 0 aliphatic rings. The molecule has 2 N–H and O–H groups in total. The van der Waals surface area contributed by atoms with Crippen molar-refractivity contribution in [1.82, 2.24) is 0 Å². The molecular weight excluding hydrogens is 299 g/mol. The fourth-order valence-electron chi connectivity index (χ4n) is 1.26. The number of benzene rings is 1. The Morgan fingerprint density at radius 3 is 2.20 bits per heavy atom. The van der Waals surface area contributed by atoms with E-state index < -0.39 is 22.8 Å². The molecule has 0 bridgehead atoms. The summed E-state index contributed by atoms with van der Waals surface area (Å²) < 4.78 is 66.8. The van der Waals surface area contributed by atoms with Gasteiger partial charge in [-0.3, -0.25) is 0 Å². The number of hydrogen-bond donors (Lipinski definition) is 1. The first-order valence-corrected chi connectivity index (χ1v) is 7.13. The van der Waals surface area contributed by atoms with Crippen LogP contribution < -0.4 is 9.88 Å². The van der Waals surface area contributed by atoms with Crippen LogP contribution >= 0.6 is 0 Å². The number of alkyl halides is 3. The monoisotopic (exact) mass is 313 g/mol. The van der Waals surface area contributed by atoms with Gasteiger partial charge in [0.2, 0.25) is 10.0 Å². The van der Waals surface area contributed by atoms with Gasteiger partial charge in [0, 0.05) is 6.42 Å². The van der Waals surface area contributed by atoms with Crippen LogP contribution in [0.3, 0.4) is 0 Å². The summed E-state index contributed by atoms with van der Waals surface area (Å²) in [6, 6.07) is 5.39. The SMILES string of the molecule is NS(=O)(=O)c1ccc(OCCCOCC(F)(F)F)cc1. The average Bonchev–Trinajstić information content (AvgIpc) is 2.32. The third kappa shape index (κ3) is 6.73. The molecule has 20 heavy (non-hydrogen) atoms. The van der Waals surface area contributed by atoms with Crippen LogP contribution in [0.4, 0.5) is 13.2 Å². The molecule has 9 heteroatoms. The second-order valence-electron chi connectivity index (χ2n) is 3.89. The number of hydrogen-bond acceptors (Lipinski definition) is 4. The van der Waals surface area contributed by atoms with Crippen LogP contribution in [-0.2, 0) is 14.8 Å².